The first kappa shape index (κ1) is 15.0. The van der Waals surface area contributed by atoms with Gasteiger partial charge in [-0.2, -0.15) is 0 Å². The van der Waals surface area contributed by atoms with Crippen LogP contribution in [-0.2, 0) is 4.74 Å². The zero-order valence-corrected chi connectivity index (χ0v) is 12.7. The first-order valence-electron chi connectivity index (χ1n) is 6.86. The molecule has 1 aliphatic rings. The van der Waals surface area contributed by atoms with Crippen LogP contribution in [0.1, 0.15) is 43.0 Å². The summed E-state index contributed by atoms with van der Waals surface area (Å²) in [6.45, 7) is 3.05. The normalized spacial score (nSPS) is 16.9. The number of methoxy groups -OCH3 is 1. The quantitative estimate of drug-likeness (QED) is 0.657. The van der Waals surface area contributed by atoms with Gasteiger partial charge >= 0.3 is 5.97 Å². The van der Waals surface area contributed by atoms with Crippen molar-refractivity contribution < 1.29 is 9.53 Å². The highest BCUT2D eigenvalue weighted by atomic mass is 35.5. The van der Waals surface area contributed by atoms with Gasteiger partial charge in [0.1, 0.15) is 0 Å². The zero-order valence-electron chi connectivity index (χ0n) is 12.0. The topological polar surface area (TPSA) is 64.3 Å². The lowest BCUT2D eigenvalue weighted by atomic mass is 9.89. The fourth-order valence-corrected chi connectivity index (χ4v) is 3.08. The largest absolute Gasteiger partial charge is 0.465 e. The Morgan fingerprint density at radius 2 is 2.10 bits per heavy atom. The van der Waals surface area contributed by atoms with Crippen LogP contribution in [0.25, 0.3) is 0 Å². The summed E-state index contributed by atoms with van der Waals surface area (Å²) in [5.74, 6) is -0.432. The Morgan fingerprint density at radius 1 is 1.45 bits per heavy atom. The standard InChI is InChI=1S/C15H21ClN2O2/c1-15(5-3-4-6-15)9-18-13-11(14(19)20-2)7-10(17)8-12(13)16/h7-8,18H,3-6,9,17H2,1-2H3. The number of nitrogens with two attached hydrogens (primary N) is 1. The van der Waals surface area contributed by atoms with Gasteiger partial charge in [0.25, 0.3) is 0 Å². The summed E-state index contributed by atoms with van der Waals surface area (Å²) in [4.78, 5) is 11.8. The molecule has 1 aromatic rings. The van der Waals surface area contributed by atoms with Gasteiger partial charge in [0.05, 0.1) is 23.4 Å². The molecule has 110 valence electrons. The predicted octanol–water partition coefficient (Wildman–Crippen LogP) is 3.70. The summed E-state index contributed by atoms with van der Waals surface area (Å²) >= 11 is 6.22. The Hall–Kier alpha value is -1.42. The minimum atomic E-state index is -0.432. The number of carbonyl (C=O) groups excluding carboxylic acids is 1. The number of hydrogen-bond acceptors (Lipinski definition) is 4. The van der Waals surface area contributed by atoms with E-state index in [0.29, 0.717) is 22.0 Å². The van der Waals surface area contributed by atoms with Gasteiger partial charge in [-0.3, -0.25) is 0 Å². The monoisotopic (exact) mass is 296 g/mol. The molecule has 0 bridgehead atoms. The van der Waals surface area contributed by atoms with E-state index in [1.807, 2.05) is 0 Å². The predicted molar refractivity (Wildman–Crippen MR) is 82.3 cm³/mol. The molecule has 0 saturated heterocycles. The van der Waals surface area contributed by atoms with Crippen LogP contribution in [0.5, 0.6) is 0 Å². The first-order chi connectivity index (χ1) is 9.45. The molecule has 4 nitrogen and oxygen atoms in total. The summed E-state index contributed by atoms with van der Waals surface area (Å²) in [7, 11) is 1.35. The number of rotatable bonds is 4. The molecule has 5 heteroatoms. The molecule has 1 saturated carbocycles. The molecule has 0 spiro atoms. The maximum atomic E-state index is 11.8. The van der Waals surface area contributed by atoms with Gasteiger partial charge in [0.2, 0.25) is 0 Å². The Morgan fingerprint density at radius 3 is 2.70 bits per heavy atom. The number of benzene rings is 1. The Labute approximate surface area is 124 Å². The van der Waals surface area contributed by atoms with E-state index in [0.717, 1.165) is 6.54 Å². The van der Waals surface area contributed by atoms with E-state index in [1.165, 1.54) is 32.8 Å². The van der Waals surface area contributed by atoms with E-state index in [2.05, 4.69) is 12.2 Å². The third-order valence-corrected chi connectivity index (χ3v) is 4.32. The first-order valence-corrected chi connectivity index (χ1v) is 7.24. The number of ether oxygens (including phenoxy) is 1. The van der Waals surface area contributed by atoms with Crippen LogP contribution in [0.2, 0.25) is 5.02 Å². The van der Waals surface area contributed by atoms with Gasteiger partial charge in [0.15, 0.2) is 0 Å². The van der Waals surface area contributed by atoms with Crippen LogP contribution in [0.15, 0.2) is 12.1 Å². The number of anilines is 2. The highest BCUT2D eigenvalue weighted by molar-refractivity contribution is 6.34. The number of carbonyl (C=O) groups is 1. The van der Waals surface area contributed by atoms with E-state index >= 15 is 0 Å². The molecular weight excluding hydrogens is 276 g/mol. The van der Waals surface area contributed by atoms with Crippen LogP contribution in [0.3, 0.4) is 0 Å². The van der Waals surface area contributed by atoms with Crippen molar-refractivity contribution in [2.45, 2.75) is 32.6 Å². The second-order valence-electron chi connectivity index (χ2n) is 5.79. The molecule has 1 aliphatic carbocycles. The van der Waals surface area contributed by atoms with Crippen LogP contribution in [-0.4, -0.2) is 19.6 Å². The maximum absolute atomic E-state index is 11.8. The summed E-state index contributed by atoms with van der Waals surface area (Å²) in [5.41, 5.74) is 7.46. The average molecular weight is 297 g/mol. The van der Waals surface area contributed by atoms with Crippen molar-refractivity contribution in [2.75, 3.05) is 24.7 Å². The molecule has 2 rings (SSSR count). The van der Waals surface area contributed by atoms with Crippen molar-refractivity contribution in [3.05, 3.63) is 22.7 Å². The van der Waals surface area contributed by atoms with Crippen molar-refractivity contribution in [1.82, 2.24) is 0 Å². The summed E-state index contributed by atoms with van der Waals surface area (Å²) in [6, 6.07) is 3.24. The molecule has 0 aromatic heterocycles. The molecule has 0 amide bonds. The maximum Gasteiger partial charge on any atom is 0.340 e. The molecule has 1 fully saturated rings. The molecule has 0 atom stereocenters. The van der Waals surface area contributed by atoms with Crippen LogP contribution < -0.4 is 11.1 Å². The molecule has 0 radical (unpaired) electrons. The van der Waals surface area contributed by atoms with Gasteiger partial charge in [-0.1, -0.05) is 31.4 Å². The average Bonchev–Trinajstić information content (AvgIpc) is 2.83. The van der Waals surface area contributed by atoms with E-state index in [1.54, 1.807) is 12.1 Å². The number of halogens is 1. The highest BCUT2D eigenvalue weighted by Gasteiger charge is 2.29. The third kappa shape index (κ3) is 3.18. The molecule has 0 unspecified atom stereocenters. The lowest BCUT2D eigenvalue weighted by Gasteiger charge is -2.25. The lowest BCUT2D eigenvalue weighted by Crippen LogP contribution is -2.24. The Kier molecular flexibility index (Phi) is 4.43. The number of esters is 1. The molecular formula is C15H21ClN2O2. The Balaban J connectivity index is 2.23. The van der Waals surface area contributed by atoms with E-state index in [9.17, 15) is 4.79 Å². The second kappa shape index (κ2) is 5.92. The molecule has 1 aromatic carbocycles. The van der Waals surface area contributed by atoms with Gasteiger partial charge < -0.3 is 15.8 Å². The summed E-state index contributed by atoms with van der Waals surface area (Å²) in [6.07, 6.45) is 4.91. The summed E-state index contributed by atoms with van der Waals surface area (Å²) in [5, 5.41) is 3.77. The van der Waals surface area contributed by atoms with Gasteiger partial charge in [-0.25, -0.2) is 4.79 Å². The number of hydrogen-bond donors (Lipinski definition) is 2. The van der Waals surface area contributed by atoms with Crippen molar-refractivity contribution in [2.24, 2.45) is 5.41 Å². The van der Waals surface area contributed by atoms with E-state index < -0.39 is 5.97 Å². The fraction of sp³-hybridized carbons (Fsp3) is 0.533. The van der Waals surface area contributed by atoms with Crippen LogP contribution in [0, 0.1) is 5.41 Å². The van der Waals surface area contributed by atoms with Crippen LogP contribution in [0.4, 0.5) is 11.4 Å². The number of nitrogens with one attached hydrogen (secondary N) is 1. The second-order valence-corrected chi connectivity index (χ2v) is 6.20. The van der Waals surface area contributed by atoms with Crippen molar-refractivity contribution in [3.8, 4) is 0 Å². The van der Waals surface area contributed by atoms with E-state index in [4.69, 9.17) is 22.1 Å². The molecule has 20 heavy (non-hydrogen) atoms. The molecule has 3 N–H and O–H groups in total. The molecule has 0 heterocycles. The van der Waals surface area contributed by atoms with Gasteiger partial charge in [0, 0.05) is 12.2 Å². The number of nitrogen functional groups attached to an aromatic ring is 1. The van der Waals surface area contributed by atoms with Crippen LogP contribution >= 0.6 is 11.6 Å². The minimum Gasteiger partial charge on any atom is -0.465 e. The lowest BCUT2D eigenvalue weighted by molar-refractivity contribution is 0.0602. The zero-order chi connectivity index (χ0) is 14.8. The summed E-state index contributed by atoms with van der Waals surface area (Å²) < 4.78 is 4.79. The third-order valence-electron chi connectivity index (χ3n) is 4.02. The fourth-order valence-electron chi connectivity index (χ4n) is 2.79. The highest BCUT2D eigenvalue weighted by Crippen LogP contribution is 2.38. The van der Waals surface area contributed by atoms with E-state index in [-0.39, 0.29) is 5.41 Å². The SMILES string of the molecule is COC(=O)c1cc(N)cc(Cl)c1NCC1(C)CCCC1. The Bertz CT molecular complexity index is 511. The minimum absolute atomic E-state index is 0.262. The van der Waals surface area contributed by atoms with Crippen molar-refractivity contribution >= 4 is 28.9 Å². The van der Waals surface area contributed by atoms with Crippen molar-refractivity contribution in [3.63, 3.8) is 0 Å². The molecule has 0 aliphatic heterocycles. The van der Waals surface area contributed by atoms with Gasteiger partial charge in [-0.15, -0.1) is 0 Å². The van der Waals surface area contributed by atoms with Gasteiger partial charge in [-0.05, 0) is 30.4 Å². The van der Waals surface area contributed by atoms with Crippen molar-refractivity contribution in [1.29, 1.82) is 0 Å². The smallest absolute Gasteiger partial charge is 0.340 e.